The first kappa shape index (κ1) is 24.5. The fourth-order valence-corrected chi connectivity index (χ4v) is 6.60. The van der Waals surface area contributed by atoms with E-state index < -0.39 is 0 Å². The van der Waals surface area contributed by atoms with Crippen LogP contribution in [0.3, 0.4) is 0 Å². The van der Waals surface area contributed by atoms with Crippen LogP contribution >= 0.6 is 0 Å². The number of amides is 2. The van der Waals surface area contributed by atoms with Gasteiger partial charge >= 0.3 is 6.03 Å². The lowest BCUT2D eigenvalue weighted by atomic mass is 9.94. The van der Waals surface area contributed by atoms with Gasteiger partial charge in [-0.15, -0.1) is 0 Å². The molecule has 3 aliphatic heterocycles. The van der Waals surface area contributed by atoms with E-state index in [0.29, 0.717) is 36.7 Å². The molecule has 1 saturated heterocycles. The summed E-state index contributed by atoms with van der Waals surface area (Å²) in [6.07, 6.45) is 9.03. The van der Waals surface area contributed by atoms with Gasteiger partial charge in [0.2, 0.25) is 0 Å². The zero-order valence-corrected chi connectivity index (χ0v) is 22.6. The van der Waals surface area contributed by atoms with Gasteiger partial charge in [-0.25, -0.2) is 9.78 Å². The summed E-state index contributed by atoms with van der Waals surface area (Å²) in [5.41, 5.74) is 6.24. The lowest BCUT2D eigenvalue weighted by Gasteiger charge is -2.35. The van der Waals surface area contributed by atoms with Gasteiger partial charge in [0, 0.05) is 56.1 Å². The molecule has 6 heterocycles. The molecule has 0 aliphatic carbocycles. The number of imidazole rings is 1. The third-order valence-electron chi connectivity index (χ3n) is 8.78. The summed E-state index contributed by atoms with van der Waals surface area (Å²) in [4.78, 5) is 35.3. The molecule has 4 aromatic rings. The molecule has 7 rings (SSSR count). The van der Waals surface area contributed by atoms with Crippen LogP contribution in [0.4, 0.5) is 4.79 Å². The number of urea groups is 1. The van der Waals surface area contributed by atoms with Crippen molar-refractivity contribution in [3.8, 4) is 6.07 Å². The topological polar surface area (TPSA) is 98.7 Å². The van der Waals surface area contributed by atoms with E-state index in [-0.39, 0.29) is 18.4 Å². The van der Waals surface area contributed by atoms with Crippen LogP contribution in [-0.4, -0.2) is 61.7 Å². The van der Waals surface area contributed by atoms with Crippen molar-refractivity contribution in [3.05, 3.63) is 71.3 Å². The second kappa shape index (κ2) is 9.56. The van der Waals surface area contributed by atoms with E-state index in [4.69, 9.17) is 0 Å². The monoisotopic (exact) mass is 533 g/mol. The number of benzene rings is 1. The molecule has 1 N–H and O–H groups in total. The average molecular weight is 534 g/mol. The van der Waals surface area contributed by atoms with Gasteiger partial charge in [0.15, 0.2) is 5.78 Å². The van der Waals surface area contributed by atoms with E-state index in [1.807, 2.05) is 56.9 Å². The molecule has 0 spiro atoms. The second-order valence-electron chi connectivity index (χ2n) is 11.0. The number of pyridine rings is 1. The fourth-order valence-electron chi connectivity index (χ4n) is 6.60. The number of likely N-dealkylation sites (tertiary alicyclic amines) is 1. The number of carbonyl (C=O) groups is 2. The minimum absolute atomic E-state index is 0.00758. The highest BCUT2D eigenvalue weighted by atomic mass is 16.2. The molecule has 9 heteroatoms. The molecular weight excluding hydrogens is 502 g/mol. The number of aromatic nitrogens is 3. The maximum atomic E-state index is 13.6. The third kappa shape index (κ3) is 3.86. The Morgan fingerprint density at radius 3 is 2.80 bits per heavy atom. The van der Waals surface area contributed by atoms with E-state index in [1.165, 1.54) is 0 Å². The number of ketones is 1. The first-order valence-corrected chi connectivity index (χ1v) is 14.1. The van der Waals surface area contributed by atoms with E-state index in [9.17, 15) is 14.9 Å². The Kier molecular flexibility index (Phi) is 5.84. The molecule has 1 fully saturated rings. The Labute approximate surface area is 232 Å². The Bertz CT molecular complexity index is 1750. The van der Waals surface area contributed by atoms with E-state index in [0.717, 1.165) is 71.4 Å². The summed E-state index contributed by atoms with van der Waals surface area (Å²) >= 11 is 0. The van der Waals surface area contributed by atoms with Crippen molar-refractivity contribution in [2.24, 2.45) is 5.92 Å². The van der Waals surface area contributed by atoms with Crippen molar-refractivity contribution in [3.63, 3.8) is 0 Å². The summed E-state index contributed by atoms with van der Waals surface area (Å²) in [7, 11) is 0. The minimum Gasteiger partial charge on any atom is -0.375 e. The van der Waals surface area contributed by atoms with Crippen LogP contribution < -0.4 is 5.32 Å². The van der Waals surface area contributed by atoms with Crippen molar-refractivity contribution in [2.75, 3.05) is 26.2 Å². The Hall–Kier alpha value is -4.58. The maximum absolute atomic E-state index is 13.6. The smallest absolute Gasteiger partial charge is 0.320 e. The minimum atomic E-state index is 0.00758. The molecule has 3 aromatic heterocycles. The van der Waals surface area contributed by atoms with Crippen molar-refractivity contribution in [1.82, 2.24) is 29.1 Å². The summed E-state index contributed by atoms with van der Waals surface area (Å²) < 4.78 is 4.13. The molecule has 202 valence electrons. The highest BCUT2D eigenvalue weighted by Gasteiger charge is 2.32. The molecule has 0 atom stereocenters. The number of nitrogens with one attached hydrogen (secondary N) is 1. The lowest BCUT2D eigenvalue weighted by molar-refractivity contribution is -0.112. The summed E-state index contributed by atoms with van der Waals surface area (Å²) in [5, 5.41) is 14.1. The van der Waals surface area contributed by atoms with Gasteiger partial charge in [0.1, 0.15) is 5.65 Å². The molecule has 9 nitrogen and oxygen atoms in total. The van der Waals surface area contributed by atoms with Crippen molar-refractivity contribution in [1.29, 1.82) is 5.26 Å². The molecule has 1 aromatic carbocycles. The van der Waals surface area contributed by atoms with Crippen LogP contribution in [0.1, 0.15) is 48.6 Å². The molecule has 0 unspecified atom stereocenters. The SMILES string of the molecule is CCC1CCN(C(=O)N2CCn3cc(C4=C(c5cnc6ccccn56)NCC4=O)c4cc(C#N)cc(c43)C2)CC1. The highest BCUT2D eigenvalue weighted by Crippen LogP contribution is 2.38. The number of rotatable bonds is 3. The van der Waals surface area contributed by atoms with Crippen molar-refractivity contribution >= 4 is 39.6 Å². The number of nitrogens with zero attached hydrogens (tertiary/aromatic N) is 6. The first-order valence-electron chi connectivity index (χ1n) is 14.1. The van der Waals surface area contributed by atoms with E-state index in [2.05, 4.69) is 27.9 Å². The Balaban J connectivity index is 1.31. The first-order chi connectivity index (χ1) is 19.6. The molecule has 0 saturated carbocycles. The Morgan fingerprint density at radius 2 is 2.00 bits per heavy atom. The van der Waals surface area contributed by atoms with Crippen LogP contribution in [0, 0.1) is 17.2 Å². The fraction of sp³-hybridized carbons (Fsp3) is 0.355. The van der Waals surface area contributed by atoms with Gasteiger partial charge in [-0.3, -0.25) is 9.20 Å². The number of piperidine rings is 1. The van der Waals surface area contributed by atoms with Crippen molar-refractivity contribution < 1.29 is 9.59 Å². The van der Waals surface area contributed by atoms with Gasteiger partial charge in [0.05, 0.1) is 46.9 Å². The molecule has 2 amide bonds. The zero-order chi connectivity index (χ0) is 27.4. The van der Waals surface area contributed by atoms with Crippen LogP contribution in [-0.2, 0) is 17.9 Å². The third-order valence-corrected chi connectivity index (χ3v) is 8.78. The standard InChI is InChI=1S/C31H31N7O2/c1-2-20-6-9-35(10-7-20)31(40)37-12-11-36-19-24(23-14-21(15-32)13-22(18-37)30(23)36)28-26(39)17-34-29(28)25-16-33-27-5-3-4-8-38(25)27/h3-5,8,13-14,16,19-20,34H,2,6-7,9-12,17-18H2,1H3. The molecule has 40 heavy (non-hydrogen) atoms. The lowest BCUT2D eigenvalue weighted by Crippen LogP contribution is -2.46. The quantitative estimate of drug-likeness (QED) is 0.424. The summed E-state index contributed by atoms with van der Waals surface area (Å²) in [6, 6.07) is 12.0. The second-order valence-corrected chi connectivity index (χ2v) is 11.0. The van der Waals surface area contributed by atoms with Crippen LogP contribution in [0.25, 0.3) is 27.8 Å². The van der Waals surface area contributed by atoms with Gasteiger partial charge in [-0.2, -0.15) is 5.26 Å². The number of nitriles is 1. The normalized spacial score (nSPS) is 17.9. The van der Waals surface area contributed by atoms with Crippen LogP contribution in [0.15, 0.2) is 48.9 Å². The average Bonchev–Trinajstić information content (AvgIpc) is 3.65. The predicted molar refractivity (Wildman–Crippen MR) is 152 cm³/mol. The number of carbonyl (C=O) groups excluding carboxylic acids is 2. The number of hydrogen-bond donors (Lipinski definition) is 1. The van der Waals surface area contributed by atoms with Crippen LogP contribution in [0.2, 0.25) is 0 Å². The van der Waals surface area contributed by atoms with E-state index in [1.54, 1.807) is 6.20 Å². The molecule has 0 bridgehead atoms. The van der Waals surface area contributed by atoms with E-state index >= 15 is 0 Å². The number of Topliss-reactive ketones (excluding diaryl/α,β-unsaturated/α-hetero) is 1. The van der Waals surface area contributed by atoms with Gasteiger partial charge in [0.25, 0.3) is 0 Å². The summed E-state index contributed by atoms with van der Waals surface area (Å²) in [6.45, 7) is 5.65. The molecule has 3 aliphatic rings. The predicted octanol–water partition coefficient (Wildman–Crippen LogP) is 4.26. The molecule has 0 radical (unpaired) electrons. The van der Waals surface area contributed by atoms with Crippen molar-refractivity contribution in [2.45, 2.75) is 39.3 Å². The number of fused-ring (bicyclic) bond motifs is 1. The van der Waals surface area contributed by atoms with Crippen LogP contribution in [0.5, 0.6) is 0 Å². The number of hydrogen-bond acceptors (Lipinski definition) is 5. The zero-order valence-electron chi connectivity index (χ0n) is 22.6. The maximum Gasteiger partial charge on any atom is 0.320 e. The Morgan fingerprint density at radius 1 is 1.15 bits per heavy atom. The van der Waals surface area contributed by atoms with Gasteiger partial charge in [-0.1, -0.05) is 19.4 Å². The largest absolute Gasteiger partial charge is 0.375 e. The molecular formula is C31H31N7O2. The summed E-state index contributed by atoms with van der Waals surface area (Å²) in [5.74, 6) is 0.708. The van der Waals surface area contributed by atoms with Gasteiger partial charge in [-0.05, 0) is 48.6 Å². The highest BCUT2D eigenvalue weighted by molar-refractivity contribution is 6.33. The van der Waals surface area contributed by atoms with Gasteiger partial charge < -0.3 is 19.7 Å².